The van der Waals surface area contributed by atoms with Crippen LogP contribution in [0.1, 0.15) is 52.0 Å². The first-order valence-electron chi connectivity index (χ1n) is 9.73. The zero-order valence-corrected chi connectivity index (χ0v) is 17.8. The molecular weight excluding hydrogens is 380 g/mol. The number of aliphatic hydroxyl groups is 1. The number of esters is 1. The SMILES string of the molecule is COc1cccc(CS(=O)(=O)[C@@H]2[C@H](O)CC[C@]3(C)[C@H](OC(C)=O)CC[C@]23C)c1. The quantitative estimate of drug-likeness (QED) is 0.751. The Kier molecular flexibility index (Phi) is 5.53. The number of carbonyl (C=O) groups is 1. The molecule has 156 valence electrons. The molecule has 0 bridgehead atoms. The minimum atomic E-state index is -3.66. The van der Waals surface area contributed by atoms with Crippen LogP contribution in [0.3, 0.4) is 0 Å². The van der Waals surface area contributed by atoms with Gasteiger partial charge in [-0.25, -0.2) is 8.42 Å². The third-order valence-electron chi connectivity index (χ3n) is 7.08. The Morgan fingerprint density at radius 1 is 1.21 bits per heavy atom. The molecule has 2 saturated carbocycles. The molecule has 0 saturated heterocycles. The summed E-state index contributed by atoms with van der Waals surface area (Å²) in [6.07, 6.45) is 0.978. The van der Waals surface area contributed by atoms with Crippen molar-refractivity contribution in [1.29, 1.82) is 0 Å². The average Bonchev–Trinajstić information content (AvgIpc) is 2.85. The van der Waals surface area contributed by atoms with Crippen molar-refractivity contribution in [3.05, 3.63) is 29.8 Å². The molecule has 1 aromatic rings. The summed E-state index contributed by atoms with van der Waals surface area (Å²) in [4.78, 5) is 11.6. The van der Waals surface area contributed by atoms with Crippen molar-refractivity contribution in [3.8, 4) is 5.75 Å². The van der Waals surface area contributed by atoms with Gasteiger partial charge in [-0.3, -0.25) is 4.79 Å². The number of carbonyl (C=O) groups excluding carboxylic acids is 1. The number of aliphatic hydroxyl groups excluding tert-OH is 1. The van der Waals surface area contributed by atoms with Crippen molar-refractivity contribution in [2.24, 2.45) is 10.8 Å². The fraction of sp³-hybridized carbons (Fsp3) is 0.667. The van der Waals surface area contributed by atoms with E-state index in [9.17, 15) is 18.3 Å². The second kappa shape index (κ2) is 7.34. The van der Waals surface area contributed by atoms with Crippen LogP contribution < -0.4 is 4.74 Å². The van der Waals surface area contributed by atoms with Crippen LogP contribution in [0, 0.1) is 10.8 Å². The van der Waals surface area contributed by atoms with E-state index in [1.165, 1.54) is 6.92 Å². The minimum absolute atomic E-state index is 0.157. The van der Waals surface area contributed by atoms with Crippen LogP contribution >= 0.6 is 0 Å². The van der Waals surface area contributed by atoms with Crippen LogP contribution in [0.15, 0.2) is 24.3 Å². The van der Waals surface area contributed by atoms with Crippen LogP contribution in [0.5, 0.6) is 5.75 Å². The molecule has 0 aromatic heterocycles. The molecule has 6 nitrogen and oxygen atoms in total. The van der Waals surface area contributed by atoms with Crippen molar-refractivity contribution < 1.29 is 27.8 Å². The first-order valence-corrected chi connectivity index (χ1v) is 11.4. The Morgan fingerprint density at radius 3 is 2.54 bits per heavy atom. The molecule has 1 N–H and O–H groups in total. The van der Waals surface area contributed by atoms with Crippen molar-refractivity contribution in [1.82, 2.24) is 0 Å². The summed E-state index contributed by atoms with van der Waals surface area (Å²) in [5, 5.41) is 9.87. The van der Waals surface area contributed by atoms with E-state index < -0.39 is 32.0 Å². The number of ether oxygens (including phenoxy) is 2. The fourth-order valence-corrected chi connectivity index (χ4v) is 8.07. The van der Waals surface area contributed by atoms with Gasteiger partial charge in [0.2, 0.25) is 0 Å². The second-order valence-corrected chi connectivity index (χ2v) is 10.8. The maximum absolute atomic E-state index is 13.5. The number of fused-ring (bicyclic) bond motifs is 1. The van der Waals surface area contributed by atoms with Gasteiger partial charge < -0.3 is 14.6 Å². The van der Waals surface area contributed by atoms with Gasteiger partial charge in [-0.05, 0) is 48.8 Å². The molecule has 0 heterocycles. The van der Waals surface area contributed by atoms with E-state index in [1.807, 2.05) is 13.8 Å². The molecule has 2 aliphatic rings. The highest BCUT2D eigenvalue weighted by Crippen LogP contribution is 2.63. The van der Waals surface area contributed by atoms with Crippen molar-refractivity contribution in [3.63, 3.8) is 0 Å². The van der Waals surface area contributed by atoms with E-state index in [4.69, 9.17) is 9.47 Å². The van der Waals surface area contributed by atoms with Crippen LogP contribution in [-0.2, 0) is 25.1 Å². The summed E-state index contributed by atoms with van der Waals surface area (Å²) in [5.74, 6) is 0.0941. The first-order chi connectivity index (χ1) is 13.0. The Labute approximate surface area is 167 Å². The monoisotopic (exact) mass is 410 g/mol. The number of rotatable bonds is 5. The maximum Gasteiger partial charge on any atom is 0.302 e. The average molecular weight is 411 g/mol. The summed E-state index contributed by atoms with van der Waals surface area (Å²) in [7, 11) is -2.12. The molecule has 28 heavy (non-hydrogen) atoms. The van der Waals surface area contributed by atoms with Crippen LogP contribution in [0.4, 0.5) is 0 Å². The normalized spacial score (nSPS) is 35.2. The number of hydrogen-bond donors (Lipinski definition) is 1. The van der Waals surface area contributed by atoms with Crippen LogP contribution in [0.25, 0.3) is 0 Å². The van der Waals surface area contributed by atoms with Gasteiger partial charge in [0, 0.05) is 12.3 Å². The summed E-state index contributed by atoms with van der Waals surface area (Å²) in [5.41, 5.74) is -0.510. The molecule has 0 spiro atoms. The summed E-state index contributed by atoms with van der Waals surface area (Å²) < 4.78 is 37.7. The van der Waals surface area contributed by atoms with Gasteiger partial charge in [-0.2, -0.15) is 0 Å². The van der Waals surface area contributed by atoms with Gasteiger partial charge in [0.05, 0.1) is 24.2 Å². The Bertz CT molecular complexity index is 850. The van der Waals surface area contributed by atoms with E-state index >= 15 is 0 Å². The highest BCUT2D eigenvalue weighted by atomic mass is 32.2. The molecule has 2 aliphatic carbocycles. The van der Waals surface area contributed by atoms with Crippen LogP contribution in [0.2, 0.25) is 0 Å². The van der Waals surface area contributed by atoms with Gasteiger partial charge in [0.15, 0.2) is 9.84 Å². The van der Waals surface area contributed by atoms with E-state index in [2.05, 4.69) is 0 Å². The number of sulfone groups is 1. The third kappa shape index (κ3) is 3.43. The lowest BCUT2D eigenvalue weighted by Gasteiger charge is -2.53. The van der Waals surface area contributed by atoms with Gasteiger partial charge in [-0.15, -0.1) is 0 Å². The molecule has 0 amide bonds. The summed E-state index contributed by atoms with van der Waals surface area (Å²) in [6.45, 7) is 5.33. The lowest BCUT2D eigenvalue weighted by atomic mass is 9.58. The van der Waals surface area contributed by atoms with Gasteiger partial charge >= 0.3 is 5.97 Å². The van der Waals surface area contributed by atoms with Crippen molar-refractivity contribution in [2.45, 2.75) is 69.7 Å². The molecule has 5 atom stereocenters. The molecule has 1 aromatic carbocycles. The van der Waals surface area contributed by atoms with Crippen molar-refractivity contribution >= 4 is 15.8 Å². The Balaban J connectivity index is 1.95. The standard InChI is InChI=1S/C21H30O6S/c1-14(22)27-18-9-11-21(3)19(17(23)8-10-20(18,21)2)28(24,25)13-15-6-5-7-16(12-15)26-4/h5-7,12,17-19,23H,8-11,13H2,1-4H3/t17-,18-,19-,20-,21-/m1/s1. The number of methoxy groups -OCH3 is 1. The van der Waals surface area contributed by atoms with E-state index in [-0.39, 0.29) is 17.8 Å². The molecule has 0 aliphatic heterocycles. The first kappa shape index (κ1) is 21.1. The Morgan fingerprint density at radius 2 is 1.89 bits per heavy atom. The molecule has 3 rings (SSSR count). The van der Waals surface area contributed by atoms with E-state index in [0.29, 0.717) is 37.0 Å². The zero-order chi connectivity index (χ0) is 20.7. The molecule has 7 heteroatoms. The maximum atomic E-state index is 13.5. The number of benzene rings is 1. The topological polar surface area (TPSA) is 89.9 Å². The summed E-state index contributed by atoms with van der Waals surface area (Å²) in [6, 6.07) is 7.00. The molecular formula is C21H30O6S. The van der Waals surface area contributed by atoms with Gasteiger partial charge in [0.1, 0.15) is 11.9 Å². The number of hydrogen-bond acceptors (Lipinski definition) is 6. The largest absolute Gasteiger partial charge is 0.497 e. The highest BCUT2D eigenvalue weighted by Gasteiger charge is 2.65. The zero-order valence-electron chi connectivity index (χ0n) is 17.0. The minimum Gasteiger partial charge on any atom is -0.497 e. The fourth-order valence-electron chi connectivity index (χ4n) is 5.45. The summed E-state index contributed by atoms with van der Waals surface area (Å²) >= 11 is 0. The lowest BCUT2D eigenvalue weighted by molar-refractivity contribution is -0.157. The lowest BCUT2D eigenvalue weighted by Crippen LogP contribution is -2.59. The van der Waals surface area contributed by atoms with Crippen molar-refractivity contribution in [2.75, 3.05) is 7.11 Å². The molecule has 0 radical (unpaired) electrons. The molecule has 2 fully saturated rings. The predicted octanol–water partition coefficient (Wildman–Crippen LogP) is 2.87. The second-order valence-electron chi connectivity index (χ2n) is 8.66. The highest BCUT2D eigenvalue weighted by molar-refractivity contribution is 7.91. The van der Waals surface area contributed by atoms with E-state index in [0.717, 1.165) is 0 Å². The Hall–Kier alpha value is -1.60. The molecule has 0 unspecified atom stereocenters. The smallest absolute Gasteiger partial charge is 0.302 e. The third-order valence-corrected chi connectivity index (χ3v) is 9.42. The van der Waals surface area contributed by atoms with Crippen LogP contribution in [-0.4, -0.2) is 44.1 Å². The predicted molar refractivity (Wildman–Crippen MR) is 106 cm³/mol. The van der Waals surface area contributed by atoms with E-state index in [1.54, 1.807) is 31.4 Å². The van der Waals surface area contributed by atoms with Gasteiger partial charge in [0.25, 0.3) is 0 Å². The van der Waals surface area contributed by atoms with Gasteiger partial charge in [-0.1, -0.05) is 26.0 Å².